The highest BCUT2D eigenvalue weighted by atomic mass is 35.5. The summed E-state index contributed by atoms with van der Waals surface area (Å²) in [5, 5.41) is 18.6. The number of halogens is 1. The van der Waals surface area contributed by atoms with Gasteiger partial charge >= 0.3 is 0 Å². The first-order valence-corrected chi connectivity index (χ1v) is 7.89. The number of piperidine rings is 1. The molecule has 1 saturated heterocycles. The number of benzene rings is 2. The zero-order valence-electron chi connectivity index (χ0n) is 13.0. The van der Waals surface area contributed by atoms with E-state index in [-0.39, 0.29) is 30.8 Å². The predicted molar refractivity (Wildman–Crippen MR) is 94.8 cm³/mol. The van der Waals surface area contributed by atoms with E-state index in [0.29, 0.717) is 0 Å². The Morgan fingerprint density at radius 2 is 2.04 bits per heavy atom. The fraction of sp³-hybridized carbons (Fsp3) is 0.389. The van der Waals surface area contributed by atoms with E-state index in [1.165, 1.54) is 0 Å². The SMILES string of the molecule is Cl.O=C(NCC(O)c1ccc2ccccc2c1)C1CCCNC1. The third-order valence-corrected chi connectivity index (χ3v) is 4.30. The van der Waals surface area contributed by atoms with Gasteiger partial charge in [0.1, 0.15) is 0 Å². The summed E-state index contributed by atoms with van der Waals surface area (Å²) >= 11 is 0. The van der Waals surface area contributed by atoms with Gasteiger partial charge in [0.25, 0.3) is 0 Å². The van der Waals surface area contributed by atoms with Crippen molar-refractivity contribution in [1.82, 2.24) is 10.6 Å². The van der Waals surface area contributed by atoms with Crippen molar-refractivity contribution in [3.05, 3.63) is 48.0 Å². The molecule has 23 heavy (non-hydrogen) atoms. The molecule has 1 fully saturated rings. The first-order valence-electron chi connectivity index (χ1n) is 7.89. The van der Waals surface area contributed by atoms with Crippen molar-refractivity contribution in [2.45, 2.75) is 18.9 Å². The molecule has 0 saturated carbocycles. The summed E-state index contributed by atoms with van der Waals surface area (Å²) in [5.74, 6) is 0.0598. The molecule has 0 radical (unpaired) electrons. The molecule has 2 aromatic rings. The first-order chi connectivity index (χ1) is 10.7. The van der Waals surface area contributed by atoms with Crippen LogP contribution >= 0.6 is 12.4 Å². The van der Waals surface area contributed by atoms with Crippen LogP contribution in [0.1, 0.15) is 24.5 Å². The van der Waals surface area contributed by atoms with E-state index >= 15 is 0 Å². The van der Waals surface area contributed by atoms with E-state index in [4.69, 9.17) is 0 Å². The van der Waals surface area contributed by atoms with E-state index in [1.807, 2.05) is 42.5 Å². The summed E-state index contributed by atoms with van der Waals surface area (Å²) < 4.78 is 0. The van der Waals surface area contributed by atoms with Gasteiger partial charge in [0.15, 0.2) is 0 Å². The zero-order valence-corrected chi connectivity index (χ0v) is 13.8. The van der Waals surface area contributed by atoms with E-state index in [2.05, 4.69) is 10.6 Å². The number of rotatable bonds is 4. The van der Waals surface area contributed by atoms with Crippen LogP contribution < -0.4 is 10.6 Å². The molecule has 0 aromatic heterocycles. The van der Waals surface area contributed by atoms with Crippen LogP contribution in [0.4, 0.5) is 0 Å². The molecule has 3 N–H and O–H groups in total. The van der Waals surface area contributed by atoms with E-state index in [1.54, 1.807) is 0 Å². The lowest BCUT2D eigenvalue weighted by Crippen LogP contribution is -2.41. The van der Waals surface area contributed by atoms with Crippen LogP contribution in [-0.2, 0) is 4.79 Å². The molecular weight excluding hydrogens is 312 g/mol. The van der Waals surface area contributed by atoms with Crippen LogP contribution in [0.25, 0.3) is 10.8 Å². The van der Waals surface area contributed by atoms with Crippen LogP contribution in [-0.4, -0.2) is 30.6 Å². The molecule has 1 amide bonds. The van der Waals surface area contributed by atoms with Gasteiger partial charge in [-0.15, -0.1) is 12.4 Å². The summed E-state index contributed by atoms with van der Waals surface area (Å²) in [5.41, 5.74) is 0.834. The molecule has 2 unspecified atom stereocenters. The molecule has 124 valence electrons. The Hall–Kier alpha value is -1.62. The van der Waals surface area contributed by atoms with Crippen molar-refractivity contribution < 1.29 is 9.90 Å². The summed E-state index contributed by atoms with van der Waals surface area (Å²) in [7, 11) is 0. The Labute approximate surface area is 142 Å². The summed E-state index contributed by atoms with van der Waals surface area (Å²) in [6.07, 6.45) is 1.28. The number of hydrogen-bond acceptors (Lipinski definition) is 3. The largest absolute Gasteiger partial charge is 0.387 e. The number of aliphatic hydroxyl groups is 1. The van der Waals surface area contributed by atoms with Gasteiger partial charge in [-0.2, -0.15) is 0 Å². The monoisotopic (exact) mass is 334 g/mol. The predicted octanol–water partition coefficient (Wildman–Crippen LogP) is 2.41. The van der Waals surface area contributed by atoms with Crippen molar-refractivity contribution >= 4 is 29.1 Å². The molecule has 3 rings (SSSR count). The highest BCUT2D eigenvalue weighted by Gasteiger charge is 2.21. The number of hydrogen-bond donors (Lipinski definition) is 3. The van der Waals surface area contributed by atoms with Crippen LogP contribution in [0, 0.1) is 5.92 Å². The van der Waals surface area contributed by atoms with Gasteiger partial charge in [-0.1, -0.05) is 36.4 Å². The fourth-order valence-electron chi connectivity index (χ4n) is 2.95. The molecule has 1 aliphatic rings. The summed E-state index contributed by atoms with van der Waals surface area (Å²) in [6, 6.07) is 13.9. The zero-order chi connectivity index (χ0) is 15.4. The standard InChI is InChI=1S/C18H22N2O2.ClH/c21-17(12-20-18(22)16-6-3-9-19-11-16)15-8-7-13-4-1-2-5-14(13)10-15;/h1-2,4-5,7-8,10,16-17,19,21H,3,6,9,11-12H2,(H,20,22);1H. The quantitative estimate of drug-likeness (QED) is 0.804. The normalized spacial score (nSPS) is 18.9. The lowest BCUT2D eigenvalue weighted by atomic mass is 9.98. The number of aliphatic hydroxyl groups excluding tert-OH is 1. The molecule has 2 aromatic carbocycles. The third kappa shape index (κ3) is 4.44. The molecule has 2 atom stereocenters. The minimum atomic E-state index is -0.676. The third-order valence-electron chi connectivity index (χ3n) is 4.30. The Morgan fingerprint density at radius 3 is 2.78 bits per heavy atom. The number of carbonyl (C=O) groups excluding carboxylic acids is 1. The van der Waals surface area contributed by atoms with Gasteiger partial charge in [0.2, 0.25) is 5.91 Å². The van der Waals surface area contributed by atoms with Gasteiger partial charge < -0.3 is 15.7 Å². The first kappa shape index (κ1) is 17.7. The lowest BCUT2D eigenvalue weighted by Gasteiger charge is -2.22. The number of amides is 1. The van der Waals surface area contributed by atoms with Crippen LogP contribution in [0.3, 0.4) is 0 Å². The van der Waals surface area contributed by atoms with Crippen molar-refractivity contribution in [1.29, 1.82) is 0 Å². The Kier molecular flexibility index (Phi) is 6.39. The fourth-order valence-corrected chi connectivity index (χ4v) is 2.95. The molecule has 0 spiro atoms. The van der Waals surface area contributed by atoms with Crippen molar-refractivity contribution in [2.24, 2.45) is 5.92 Å². The van der Waals surface area contributed by atoms with Crippen LogP contribution in [0.2, 0.25) is 0 Å². The number of fused-ring (bicyclic) bond motifs is 1. The Morgan fingerprint density at radius 1 is 1.26 bits per heavy atom. The highest BCUT2D eigenvalue weighted by molar-refractivity contribution is 5.85. The molecule has 4 nitrogen and oxygen atoms in total. The molecule has 1 aliphatic heterocycles. The summed E-state index contributed by atoms with van der Waals surface area (Å²) in [4.78, 5) is 12.1. The Balaban J connectivity index is 0.00000192. The van der Waals surface area contributed by atoms with Gasteiger partial charge in [0.05, 0.1) is 12.0 Å². The average molecular weight is 335 g/mol. The molecule has 1 heterocycles. The number of nitrogens with one attached hydrogen (secondary N) is 2. The number of carbonyl (C=O) groups is 1. The van der Waals surface area contributed by atoms with Crippen LogP contribution in [0.5, 0.6) is 0 Å². The molecule has 0 bridgehead atoms. The van der Waals surface area contributed by atoms with E-state index < -0.39 is 6.10 Å². The van der Waals surface area contributed by atoms with Crippen molar-refractivity contribution in [2.75, 3.05) is 19.6 Å². The minimum absolute atomic E-state index is 0. The maximum atomic E-state index is 12.1. The Bertz CT molecular complexity index is 656. The average Bonchev–Trinajstić information content (AvgIpc) is 2.59. The summed E-state index contributed by atoms with van der Waals surface area (Å²) in [6.45, 7) is 1.98. The van der Waals surface area contributed by atoms with Gasteiger partial charge in [-0.25, -0.2) is 0 Å². The van der Waals surface area contributed by atoms with E-state index in [9.17, 15) is 9.90 Å². The van der Waals surface area contributed by atoms with Crippen molar-refractivity contribution in [3.63, 3.8) is 0 Å². The molecule has 0 aliphatic carbocycles. The second-order valence-corrected chi connectivity index (χ2v) is 5.91. The van der Waals surface area contributed by atoms with Gasteiger partial charge in [0, 0.05) is 13.1 Å². The minimum Gasteiger partial charge on any atom is -0.387 e. The topological polar surface area (TPSA) is 61.4 Å². The second-order valence-electron chi connectivity index (χ2n) is 5.91. The van der Waals surface area contributed by atoms with Gasteiger partial charge in [-0.3, -0.25) is 4.79 Å². The maximum absolute atomic E-state index is 12.1. The molecule has 5 heteroatoms. The smallest absolute Gasteiger partial charge is 0.224 e. The van der Waals surface area contributed by atoms with Gasteiger partial charge in [-0.05, 0) is 41.8 Å². The molecular formula is C18H23ClN2O2. The maximum Gasteiger partial charge on any atom is 0.224 e. The van der Waals surface area contributed by atoms with Crippen LogP contribution in [0.15, 0.2) is 42.5 Å². The lowest BCUT2D eigenvalue weighted by molar-refractivity contribution is -0.125. The van der Waals surface area contributed by atoms with E-state index in [0.717, 1.165) is 42.3 Å². The highest BCUT2D eigenvalue weighted by Crippen LogP contribution is 2.20. The second kappa shape index (κ2) is 8.29. The van der Waals surface area contributed by atoms with Crippen molar-refractivity contribution in [3.8, 4) is 0 Å².